The van der Waals surface area contributed by atoms with Crippen LogP contribution in [-0.4, -0.2) is 67.3 Å². The predicted molar refractivity (Wildman–Crippen MR) is 114 cm³/mol. The summed E-state index contributed by atoms with van der Waals surface area (Å²) in [5.74, 6) is -1.08. The summed E-state index contributed by atoms with van der Waals surface area (Å²) in [5.41, 5.74) is 1.51. The van der Waals surface area contributed by atoms with E-state index in [0.29, 0.717) is 10.7 Å². The van der Waals surface area contributed by atoms with Gasteiger partial charge in [-0.15, -0.1) is 0 Å². The summed E-state index contributed by atoms with van der Waals surface area (Å²) in [6, 6.07) is 5.44. The van der Waals surface area contributed by atoms with Crippen LogP contribution in [0.15, 0.2) is 30.4 Å². The molecule has 0 aromatic heterocycles. The standard InChI is InChI=1S/C22H25ClN4O3/c1-25-6-8-26(9-7-25)17-5-4-15(23)11-16(17)24-18(28)12-27-21(29)19-13-2-3-14(10-13)20(19)22(27)30/h2-5,11,13-14,19-20H,6-10,12H2,1H3,(H,24,28)/t13-,14-,19+,20+/m0/s1. The molecule has 1 aromatic carbocycles. The lowest BCUT2D eigenvalue weighted by Crippen LogP contribution is -2.45. The highest BCUT2D eigenvalue weighted by Crippen LogP contribution is 2.52. The second kappa shape index (κ2) is 7.39. The van der Waals surface area contributed by atoms with Crippen LogP contribution in [0.5, 0.6) is 0 Å². The third-order valence-electron chi connectivity index (χ3n) is 6.94. The van der Waals surface area contributed by atoms with Crippen molar-refractivity contribution in [3.05, 3.63) is 35.4 Å². The number of anilines is 2. The topological polar surface area (TPSA) is 73.0 Å². The Labute approximate surface area is 180 Å². The summed E-state index contributed by atoms with van der Waals surface area (Å²) >= 11 is 6.18. The molecule has 2 aliphatic heterocycles. The first kappa shape index (κ1) is 19.6. The molecule has 3 fully saturated rings. The second-order valence-corrected chi connectivity index (χ2v) is 9.20. The first-order chi connectivity index (χ1) is 14.4. The summed E-state index contributed by atoms with van der Waals surface area (Å²) in [5, 5.41) is 3.41. The first-order valence-corrected chi connectivity index (χ1v) is 10.9. The van der Waals surface area contributed by atoms with Gasteiger partial charge in [-0.05, 0) is 43.5 Å². The largest absolute Gasteiger partial charge is 0.367 e. The highest BCUT2D eigenvalue weighted by Gasteiger charge is 2.59. The van der Waals surface area contributed by atoms with Crippen LogP contribution in [-0.2, 0) is 14.4 Å². The Bertz CT molecular complexity index is 910. The zero-order valence-electron chi connectivity index (χ0n) is 16.9. The Kier molecular flexibility index (Phi) is 4.82. The predicted octanol–water partition coefficient (Wildman–Crippen LogP) is 1.84. The maximum Gasteiger partial charge on any atom is 0.244 e. The van der Waals surface area contributed by atoms with E-state index in [1.54, 1.807) is 6.07 Å². The molecule has 0 unspecified atom stereocenters. The van der Waals surface area contributed by atoms with Crippen molar-refractivity contribution in [2.45, 2.75) is 6.42 Å². The minimum absolute atomic E-state index is 0.140. The summed E-state index contributed by atoms with van der Waals surface area (Å²) in [6.07, 6.45) is 4.98. The van der Waals surface area contributed by atoms with Gasteiger partial charge in [0, 0.05) is 31.2 Å². The number of amides is 3. The van der Waals surface area contributed by atoms with E-state index in [9.17, 15) is 14.4 Å². The number of likely N-dealkylation sites (N-methyl/N-ethyl adjacent to an activating group) is 1. The van der Waals surface area contributed by atoms with Gasteiger partial charge in [0.05, 0.1) is 23.2 Å². The van der Waals surface area contributed by atoms with Crippen LogP contribution in [0.1, 0.15) is 6.42 Å². The van der Waals surface area contributed by atoms with Crippen molar-refractivity contribution < 1.29 is 14.4 Å². The van der Waals surface area contributed by atoms with Crippen LogP contribution in [0.2, 0.25) is 5.02 Å². The number of halogens is 1. The first-order valence-electron chi connectivity index (χ1n) is 10.5. The van der Waals surface area contributed by atoms with Gasteiger partial charge >= 0.3 is 0 Å². The smallest absolute Gasteiger partial charge is 0.244 e. The number of hydrogen-bond acceptors (Lipinski definition) is 5. The number of allylic oxidation sites excluding steroid dienone is 2. The molecule has 4 atom stereocenters. The molecule has 2 heterocycles. The lowest BCUT2D eigenvalue weighted by molar-refractivity contribution is -0.143. The lowest BCUT2D eigenvalue weighted by atomic mass is 9.85. The number of hydrogen-bond donors (Lipinski definition) is 1. The van der Waals surface area contributed by atoms with Gasteiger partial charge in [-0.3, -0.25) is 19.3 Å². The molecule has 1 aromatic rings. The Hall–Kier alpha value is -2.38. The molecule has 158 valence electrons. The number of likely N-dealkylation sites (tertiary alicyclic amines) is 1. The zero-order valence-corrected chi connectivity index (χ0v) is 17.6. The summed E-state index contributed by atoms with van der Waals surface area (Å²) < 4.78 is 0. The molecular weight excluding hydrogens is 404 g/mol. The number of imide groups is 1. The number of nitrogens with zero attached hydrogens (tertiary/aromatic N) is 3. The van der Waals surface area contributed by atoms with E-state index >= 15 is 0 Å². The third kappa shape index (κ3) is 3.20. The van der Waals surface area contributed by atoms with Crippen molar-refractivity contribution in [1.82, 2.24) is 9.80 Å². The van der Waals surface area contributed by atoms with Gasteiger partial charge < -0.3 is 15.1 Å². The SMILES string of the molecule is CN1CCN(c2ccc(Cl)cc2NC(=O)CN2C(=O)[C@H]3[C@H](C2=O)[C@H]2C=C[C@H]3C2)CC1. The van der Waals surface area contributed by atoms with Crippen molar-refractivity contribution in [3.8, 4) is 0 Å². The minimum atomic E-state index is -0.380. The van der Waals surface area contributed by atoms with E-state index in [-0.39, 0.29) is 47.9 Å². The van der Waals surface area contributed by atoms with Gasteiger partial charge in [-0.25, -0.2) is 0 Å². The van der Waals surface area contributed by atoms with E-state index in [1.165, 1.54) is 0 Å². The van der Waals surface area contributed by atoms with Crippen molar-refractivity contribution in [2.75, 3.05) is 50.0 Å². The fourth-order valence-electron chi connectivity index (χ4n) is 5.38. The van der Waals surface area contributed by atoms with Crippen LogP contribution in [0.3, 0.4) is 0 Å². The van der Waals surface area contributed by atoms with E-state index in [1.807, 2.05) is 12.1 Å². The van der Waals surface area contributed by atoms with Crippen molar-refractivity contribution in [1.29, 1.82) is 0 Å². The number of nitrogens with one attached hydrogen (secondary N) is 1. The Morgan fingerprint density at radius 1 is 1.07 bits per heavy atom. The molecule has 0 spiro atoms. The molecule has 7 nitrogen and oxygen atoms in total. The number of carbonyl (C=O) groups is 3. The fraction of sp³-hybridized carbons (Fsp3) is 0.500. The highest BCUT2D eigenvalue weighted by atomic mass is 35.5. The Morgan fingerprint density at radius 3 is 2.33 bits per heavy atom. The van der Waals surface area contributed by atoms with Gasteiger partial charge in [0.1, 0.15) is 6.54 Å². The summed E-state index contributed by atoms with van der Waals surface area (Å²) in [6.45, 7) is 3.32. The summed E-state index contributed by atoms with van der Waals surface area (Å²) in [4.78, 5) is 44.1. The number of fused-ring (bicyclic) bond motifs is 5. The molecular formula is C22H25ClN4O3. The molecule has 5 rings (SSSR count). The maximum absolute atomic E-state index is 12.8. The van der Waals surface area contributed by atoms with Crippen LogP contribution in [0.4, 0.5) is 11.4 Å². The average Bonchev–Trinajstić information content (AvgIpc) is 3.39. The molecule has 0 radical (unpaired) electrons. The lowest BCUT2D eigenvalue weighted by Gasteiger charge is -2.35. The molecule has 8 heteroatoms. The molecule has 2 bridgehead atoms. The molecule has 1 N–H and O–H groups in total. The number of carbonyl (C=O) groups excluding carboxylic acids is 3. The number of piperazine rings is 1. The molecule has 30 heavy (non-hydrogen) atoms. The van der Waals surface area contributed by atoms with Crippen LogP contribution < -0.4 is 10.2 Å². The van der Waals surface area contributed by atoms with Gasteiger partial charge in [0.25, 0.3) is 0 Å². The van der Waals surface area contributed by atoms with Gasteiger partial charge in [-0.1, -0.05) is 23.8 Å². The van der Waals surface area contributed by atoms with Gasteiger partial charge in [-0.2, -0.15) is 0 Å². The fourth-order valence-corrected chi connectivity index (χ4v) is 5.56. The van der Waals surface area contributed by atoms with Crippen LogP contribution >= 0.6 is 11.6 Å². The van der Waals surface area contributed by atoms with Gasteiger partial charge in [0.15, 0.2) is 0 Å². The molecule has 2 aliphatic carbocycles. The maximum atomic E-state index is 12.8. The Balaban J connectivity index is 1.30. The number of benzene rings is 1. The molecule has 4 aliphatic rings. The zero-order chi connectivity index (χ0) is 21.0. The average molecular weight is 429 g/mol. The normalized spacial score (nSPS) is 30.3. The van der Waals surface area contributed by atoms with E-state index in [4.69, 9.17) is 11.6 Å². The minimum Gasteiger partial charge on any atom is -0.367 e. The number of rotatable bonds is 4. The van der Waals surface area contributed by atoms with E-state index in [2.05, 4.69) is 34.3 Å². The second-order valence-electron chi connectivity index (χ2n) is 8.76. The molecule has 3 amide bonds. The van der Waals surface area contributed by atoms with Crippen LogP contribution in [0.25, 0.3) is 0 Å². The summed E-state index contributed by atoms with van der Waals surface area (Å²) in [7, 11) is 2.09. The monoisotopic (exact) mass is 428 g/mol. The molecule has 2 saturated heterocycles. The quantitative estimate of drug-likeness (QED) is 0.585. The van der Waals surface area contributed by atoms with Crippen LogP contribution in [0, 0.1) is 23.7 Å². The van der Waals surface area contributed by atoms with Crippen molar-refractivity contribution in [2.24, 2.45) is 23.7 Å². The van der Waals surface area contributed by atoms with E-state index in [0.717, 1.165) is 43.2 Å². The van der Waals surface area contributed by atoms with Crippen molar-refractivity contribution >= 4 is 40.7 Å². The van der Waals surface area contributed by atoms with Crippen molar-refractivity contribution in [3.63, 3.8) is 0 Å². The van der Waals surface area contributed by atoms with E-state index < -0.39 is 0 Å². The Morgan fingerprint density at radius 2 is 1.70 bits per heavy atom. The highest BCUT2D eigenvalue weighted by molar-refractivity contribution is 6.31. The van der Waals surface area contributed by atoms with Gasteiger partial charge in [0.2, 0.25) is 17.7 Å². The molecule has 1 saturated carbocycles. The third-order valence-corrected chi connectivity index (χ3v) is 7.18.